The summed E-state index contributed by atoms with van der Waals surface area (Å²) in [5.74, 6) is -1.85. The molecule has 0 bridgehead atoms. The number of hydrogen-bond donors (Lipinski definition) is 8. The van der Waals surface area contributed by atoms with Crippen molar-refractivity contribution in [2.45, 2.75) is 131 Å². The molecule has 0 saturated carbocycles. The Morgan fingerprint density at radius 2 is 1.31 bits per heavy atom. The van der Waals surface area contributed by atoms with Crippen LogP contribution >= 0.6 is 0 Å². The fourth-order valence-electron chi connectivity index (χ4n) is 4.63. The third-order valence-corrected chi connectivity index (χ3v) is 8.58. The number of rotatable bonds is 20. The Hall–Kier alpha value is -3.88. The van der Waals surface area contributed by atoms with Crippen molar-refractivity contribution in [2.24, 2.45) is 35.1 Å². The third kappa shape index (κ3) is 18.3. The lowest BCUT2D eigenvalue weighted by molar-refractivity contribution is -0.134. The number of carbonyl (C=O) groups is 6. The molecule has 1 aromatic rings. The van der Waals surface area contributed by atoms with Gasteiger partial charge in [0.25, 0.3) is 0 Å². The van der Waals surface area contributed by atoms with Gasteiger partial charge in [0.05, 0.1) is 24.7 Å². The van der Waals surface area contributed by atoms with Gasteiger partial charge in [-0.25, -0.2) is 0 Å². The molecule has 14 nitrogen and oxygen atoms in total. The molecular weight excluding hydrogens is 654 g/mol. The van der Waals surface area contributed by atoms with Gasteiger partial charge in [0.1, 0.15) is 24.4 Å². The van der Waals surface area contributed by atoms with Crippen LogP contribution in [0.4, 0.5) is 0 Å². The van der Waals surface area contributed by atoms with Crippen LogP contribution in [0.2, 0.25) is 0 Å². The molecule has 0 heterocycles. The Labute approximate surface area is 304 Å². The second kappa shape index (κ2) is 24.3. The highest BCUT2D eigenvalue weighted by Gasteiger charge is 2.32. The first-order chi connectivity index (χ1) is 23.8. The van der Waals surface area contributed by atoms with Gasteiger partial charge in [0, 0.05) is 12.5 Å². The van der Waals surface area contributed by atoms with Gasteiger partial charge in [-0.3, -0.25) is 24.0 Å². The smallest absolute Gasteiger partial charge is 0.245 e. The van der Waals surface area contributed by atoms with Crippen LogP contribution in [-0.4, -0.2) is 89.8 Å². The molecule has 0 aliphatic rings. The van der Waals surface area contributed by atoms with Gasteiger partial charge in [-0.05, 0) is 49.5 Å². The minimum Gasteiger partial charge on any atom is -0.391 e. The number of nitrogens with one attached hydrogen (secondary N) is 5. The van der Waals surface area contributed by atoms with Gasteiger partial charge in [-0.15, -0.1) is 0 Å². The zero-order chi connectivity index (χ0) is 39.4. The number of aldehydes is 1. The van der Waals surface area contributed by atoms with Gasteiger partial charge in [-0.2, -0.15) is 0 Å². The molecular formula is C37H65N7O7. The predicted molar refractivity (Wildman–Crippen MR) is 199 cm³/mol. The maximum absolute atomic E-state index is 13.1. The molecule has 1 aromatic carbocycles. The molecule has 10 N–H and O–H groups in total. The zero-order valence-electron chi connectivity index (χ0n) is 32.2. The van der Waals surface area contributed by atoms with Crippen molar-refractivity contribution in [1.82, 2.24) is 26.6 Å². The average molecular weight is 720 g/mol. The molecule has 0 fully saturated rings. The molecule has 0 unspecified atom stereocenters. The molecule has 0 aliphatic carbocycles. The van der Waals surface area contributed by atoms with Crippen LogP contribution in [0.5, 0.6) is 0 Å². The number of hydrogen-bond acceptors (Lipinski definition) is 9. The van der Waals surface area contributed by atoms with Crippen molar-refractivity contribution >= 4 is 35.8 Å². The maximum Gasteiger partial charge on any atom is 0.245 e. The molecule has 0 spiro atoms. The second-order valence-corrected chi connectivity index (χ2v) is 14.3. The van der Waals surface area contributed by atoms with Crippen LogP contribution in [0.1, 0.15) is 87.6 Å². The summed E-state index contributed by atoms with van der Waals surface area (Å²) in [5.41, 5.74) is 12.0. The highest BCUT2D eigenvalue weighted by Crippen LogP contribution is 2.10. The Bertz CT molecular complexity index is 1230. The standard InChI is InChI=1S/C23H38N4O4.C14H27N3O3/c1-13(2)15(5)25-23(31)20(16(6)28)27-21(29)18(12-17-10-8-7-9-11-17)26-22(30)19(24)14(3)4;1-5-10(4)13(17-12(19)7-15)14(20)16-11(8-18)6-9(2)3/h7-11,13-16,18-20,28H,12,24H2,1-6H3,(H,25,31)(H,26,30)(H,27,29);8-11,13H,5-7,15H2,1-4H3,(H,16,20)(H,17,19)/t15-,16-,18+,19+,20+;10-,11-,13-/m10/s1. The number of carbonyl (C=O) groups excluding carboxylic acids is 6. The molecule has 14 heteroatoms. The van der Waals surface area contributed by atoms with Gasteiger partial charge >= 0.3 is 0 Å². The number of aliphatic hydroxyl groups is 1. The lowest BCUT2D eigenvalue weighted by Crippen LogP contribution is -2.60. The fraction of sp³-hybridized carbons (Fsp3) is 0.676. The molecule has 0 radical (unpaired) electrons. The molecule has 1 rings (SSSR count). The van der Waals surface area contributed by atoms with Crippen LogP contribution in [0.25, 0.3) is 0 Å². The Balaban J connectivity index is 0.00000108. The predicted octanol–water partition coefficient (Wildman–Crippen LogP) is 0.929. The largest absolute Gasteiger partial charge is 0.391 e. The lowest BCUT2D eigenvalue weighted by atomic mass is 9.97. The molecule has 0 saturated heterocycles. The molecule has 0 aromatic heterocycles. The van der Waals surface area contributed by atoms with E-state index < -0.39 is 54.0 Å². The summed E-state index contributed by atoms with van der Waals surface area (Å²) in [6.07, 6.45) is 1.15. The number of nitrogens with two attached hydrogens (primary N) is 2. The topological polar surface area (TPSA) is 235 Å². The SMILES string of the molecule is CC(C)[C@H](N)C(=O)N[C@@H](Cc1ccccc1)C(=O)N[C@H](C(=O)N[C@H](C)C(C)C)[C@@H](C)O.CC[C@H](C)[C@H](NC(=O)CN)C(=O)N[C@H](C=O)CC(C)C. The van der Waals surface area contributed by atoms with Crippen LogP contribution in [0.3, 0.4) is 0 Å². The van der Waals surface area contributed by atoms with Crippen molar-refractivity contribution in [1.29, 1.82) is 0 Å². The van der Waals surface area contributed by atoms with E-state index in [2.05, 4.69) is 26.6 Å². The Morgan fingerprint density at radius 3 is 1.76 bits per heavy atom. The molecule has 290 valence electrons. The number of benzene rings is 1. The van der Waals surface area contributed by atoms with E-state index in [9.17, 15) is 33.9 Å². The van der Waals surface area contributed by atoms with Gasteiger partial charge in [0.15, 0.2) is 0 Å². The molecule has 0 aliphatic heterocycles. The summed E-state index contributed by atoms with van der Waals surface area (Å²) in [7, 11) is 0. The first-order valence-corrected chi connectivity index (χ1v) is 17.9. The van der Waals surface area contributed by atoms with E-state index in [0.29, 0.717) is 12.3 Å². The Morgan fingerprint density at radius 1 is 0.745 bits per heavy atom. The first kappa shape index (κ1) is 47.1. The lowest BCUT2D eigenvalue weighted by Gasteiger charge is -2.27. The first-order valence-electron chi connectivity index (χ1n) is 17.9. The maximum atomic E-state index is 13.1. The molecule has 51 heavy (non-hydrogen) atoms. The van der Waals surface area contributed by atoms with Gasteiger partial charge < -0.3 is 48.0 Å². The van der Waals surface area contributed by atoms with E-state index in [1.165, 1.54) is 6.92 Å². The van der Waals surface area contributed by atoms with Crippen LogP contribution < -0.4 is 38.1 Å². The summed E-state index contributed by atoms with van der Waals surface area (Å²) in [6.45, 7) is 18.5. The third-order valence-electron chi connectivity index (χ3n) is 8.58. The molecule has 5 amide bonds. The van der Waals surface area contributed by atoms with E-state index in [0.717, 1.165) is 18.3 Å². The molecule has 8 atom stereocenters. The Kier molecular flexibility index (Phi) is 22.5. The van der Waals surface area contributed by atoms with E-state index in [1.807, 2.05) is 92.6 Å². The summed E-state index contributed by atoms with van der Waals surface area (Å²) in [6, 6.07) is 5.04. The highest BCUT2D eigenvalue weighted by atomic mass is 16.3. The van der Waals surface area contributed by atoms with E-state index >= 15 is 0 Å². The van der Waals surface area contributed by atoms with Crippen LogP contribution in [0.15, 0.2) is 30.3 Å². The van der Waals surface area contributed by atoms with Gasteiger partial charge in [-0.1, -0.05) is 92.1 Å². The van der Waals surface area contributed by atoms with Crippen LogP contribution in [0, 0.1) is 23.7 Å². The van der Waals surface area contributed by atoms with E-state index in [1.54, 1.807) is 0 Å². The fourth-order valence-corrected chi connectivity index (χ4v) is 4.63. The quantitative estimate of drug-likeness (QED) is 0.0894. The van der Waals surface area contributed by atoms with Crippen molar-refractivity contribution in [3.05, 3.63) is 35.9 Å². The second-order valence-electron chi connectivity index (χ2n) is 14.3. The van der Waals surface area contributed by atoms with Crippen molar-refractivity contribution in [3.8, 4) is 0 Å². The highest BCUT2D eigenvalue weighted by molar-refractivity contribution is 5.93. The van der Waals surface area contributed by atoms with Crippen molar-refractivity contribution in [3.63, 3.8) is 0 Å². The van der Waals surface area contributed by atoms with Gasteiger partial charge in [0.2, 0.25) is 29.5 Å². The minimum atomic E-state index is -1.15. The van der Waals surface area contributed by atoms with E-state index in [4.69, 9.17) is 11.5 Å². The van der Waals surface area contributed by atoms with Crippen LogP contribution in [-0.2, 0) is 35.2 Å². The number of aliphatic hydroxyl groups excluding tert-OH is 1. The normalized spacial score (nSPS) is 15.8. The summed E-state index contributed by atoms with van der Waals surface area (Å²) >= 11 is 0. The van der Waals surface area contributed by atoms with Crippen molar-refractivity contribution in [2.75, 3.05) is 6.54 Å². The zero-order valence-corrected chi connectivity index (χ0v) is 32.2. The average Bonchev–Trinajstić information content (AvgIpc) is 3.07. The monoisotopic (exact) mass is 719 g/mol. The van der Waals surface area contributed by atoms with Crippen molar-refractivity contribution < 1.29 is 33.9 Å². The number of amides is 5. The summed E-state index contributed by atoms with van der Waals surface area (Å²) < 4.78 is 0. The van der Waals surface area contributed by atoms with E-state index in [-0.39, 0.29) is 48.6 Å². The minimum absolute atomic E-state index is 0.0307. The summed E-state index contributed by atoms with van der Waals surface area (Å²) in [5, 5.41) is 23.5. The summed E-state index contributed by atoms with van der Waals surface area (Å²) in [4.78, 5) is 72.8.